The van der Waals surface area contributed by atoms with Crippen molar-refractivity contribution in [1.82, 2.24) is 4.90 Å². The van der Waals surface area contributed by atoms with Gasteiger partial charge in [-0.3, -0.25) is 0 Å². The number of ether oxygens (including phenoxy) is 1. The lowest BCUT2D eigenvalue weighted by atomic mass is 9.78. The third-order valence-electron chi connectivity index (χ3n) is 5.25. The van der Waals surface area contributed by atoms with Crippen LogP contribution in [0.5, 0.6) is 5.75 Å². The molecule has 3 nitrogen and oxygen atoms in total. The van der Waals surface area contributed by atoms with Gasteiger partial charge in [-0.1, -0.05) is 11.6 Å². The number of benzene rings is 1. The predicted molar refractivity (Wildman–Crippen MR) is 80.2 cm³/mol. The Morgan fingerprint density at radius 3 is 3.10 bits per heavy atom. The van der Waals surface area contributed by atoms with E-state index < -0.39 is 0 Å². The highest BCUT2D eigenvalue weighted by atomic mass is 35.5. The standard InChI is InChI=1S/C16H21ClN2O/c17-11-3-4-15-13(8-11)14(18)10-16(20-15)5-7-19-6-1-2-12(19)9-16/h3-4,8,12,14H,1-2,5-7,9-10,18H2. The van der Waals surface area contributed by atoms with Crippen molar-refractivity contribution in [3.63, 3.8) is 0 Å². The van der Waals surface area contributed by atoms with Gasteiger partial charge >= 0.3 is 0 Å². The molecule has 2 saturated heterocycles. The average molecular weight is 293 g/mol. The fourth-order valence-corrected chi connectivity index (χ4v) is 4.45. The van der Waals surface area contributed by atoms with Gasteiger partial charge in [-0.15, -0.1) is 0 Å². The van der Waals surface area contributed by atoms with Crippen molar-refractivity contribution in [1.29, 1.82) is 0 Å². The summed E-state index contributed by atoms with van der Waals surface area (Å²) < 4.78 is 6.43. The van der Waals surface area contributed by atoms with Crippen molar-refractivity contribution in [2.75, 3.05) is 13.1 Å². The molecule has 20 heavy (non-hydrogen) atoms. The van der Waals surface area contributed by atoms with Crippen LogP contribution < -0.4 is 10.5 Å². The summed E-state index contributed by atoms with van der Waals surface area (Å²) >= 11 is 6.07. The zero-order valence-corrected chi connectivity index (χ0v) is 12.4. The first-order valence-corrected chi connectivity index (χ1v) is 8.01. The molecule has 2 N–H and O–H groups in total. The van der Waals surface area contributed by atoms with Gasteiger partial charge in [-0.05, 0) is 44.0 Å². The van der Waals surface area contributed by atoms with Gasteiger partial charge in [0.1, 0.15) is 11.4 Å². The van der Waals surface area contributed by atoms with Gasteiger partial charge in [0, 0.05) is 42.1 Å². The summed E-state index contributed by atoms with van der Waals surface area (Å²) in [5.74, 6) is 0.944. The molecule has 4 rings (SSSR count). The summed E-state index contributed by atoms with van der Waals surface area (Å²) in [5.41, 5.74) is 7.42. The largest absolute Gasteiger partial charge is 0.487 e. The van der Waals surface area contributed by atoms with Crippen LogP contribution in [0.2, 0.25) is 5.02 Å². The number of hydrogen-bond acceptors (Lipinski definition) is 3. The number of nitrogens with two attached hydrogens (primary N) is 1. The Morgan fingerprint density at radius 1 is 1.30 bits per heavy atom. The number of nitrogens with zero attached hydrogens (tertiary/aromatic N) is 1. The molecule has 3 aliphatic rings. The van der Waals surface area contributed by atoms with Crippen molar-refractivity contribution in [3.05, 3.63) is 28.8 Å². The number of piperidine rings is 1. The van der Waals surface area contributed by atoms with Crippen molar-refractivity contribution in [3.8, 4) is 5.75 Å². The Balaban J connectivity index is 1.63. The van der Waals surface area contributed by atoms with E-state index in [-0.39, 0.29) is 11.6 Å². The molecule has 3 heterocycles. The minimum absolute atomic E-state index is 0.0467. The first-order valence-electron chi connectivity index (χ1n) is 7.63. The van der Waals surface area contributed by atoms with Gasteiger partial charge in [0.05, 0.1) is 0 Å². The highest BCUT2D eigenvalue weighted by molar-refractivity contribution is 6.30. The van der Waals surface area contributed by atoms with Gasteiger partial charge in [0.2, 0.25) is 0 Å². The summed E-state index contributed by atoms with van der Waals surface area (Å²) in [6.45, 7) is 2.42. The Hall–Kier alpha value is -0.770. The molecule has 2 fully saturated rings. The molecule has 0 aromatic heterocycles. The van der Waals surface area contributed by atoms with Crippen LogP contribution >= 0.6 is 11.6 Å². The molecule has 0 aliphatic carbocycles. The lowest BCUT2D eigenvalue weighted by molar-refractivity contribution is -0.0358. The van der Waals surface area contributed by atoms with E-state index in [4.69, 9.17) is 22.1 Å². The average Bonchev–Trinajstić information content (AvgIpc) is 2.87. The summed E-state index contributed by atoms with van der Waals surface area (Å²) in [6.07, 6.45) is 5.79. The molecule has 4 heteroatoms. The molecule has 3 unspecified atom stereocenters. The van der Waals surface area contributed by atoms with Gasteiger partial charge in [-0.25, -0.2) is 0 Å². The van der Waals surface area contributed by atoms with Crippen molar-refractivity contribution in [2.45, 2.75) is 49.8 Å². The van der Waals surface area contributed by atoms with Crippen LogP contribution in [0.25, 0.3) is 0 Å². The van der Waals surface area contributed by atoms with E-state index in [1.54, 1.807) is 0 Å². The van der Waals surface area contributed by atoms with Crippen LogP contribution in [-0.4, -0.2) is 29.6 Å². The van der Waals surface area contributed by atoms with Gasteiger partial charge in [-0.2, -0.15) is 0 Å². The van der Waals surface area contributed by atoms with Gasteiger partial charge < -0.3 is 15.4 Å². The zero-order valence-electron chi connectivity index (χ0n) is 11.6. The Labute approximate surface area is 125 Å². The molecule has 1 aromatic carbocycles. The molecule has 1 aromatic rings. The highest BCUT2D eigenvalue weighted by Gasteiger charge is 2.46. The zero-order chi connectivity index (χ0) is 13.7. The van der Waals surface area contributed by atoms with Crippen LogP contribution in [0.15, 0.2) is 18.2 Å². The number of halogens is 1. The Bertz CT molecular complexity index is 535. The topological polar surface area (TPSA) is 38.5 Å². The van der Waals surface area contributed by atoms with E-state index in [1.165, 1.54) is 19.4 Å². The number of hydrogen-bond donors (Lipinski definition) is 1. The third kappa shape index (κ3) is 2.03. The molecule has 1 spiro atoms. The first-order chi connectivity index (χ1) is 9.65. The van der Waals surface area contributed by atoms with Crippen LogP contribution in [0.3, 0.4) is 0 Å². The molecule has 0 amide bonds. The Kier molecular flexibility index (Phi) is 2.99. The number of rotatable bonds is 0. The summed E-state index contributed by atoms with van der Waals surface area (Å²) in [7, 11) is 0. The second kappa shape index (κ2) is 4.62. The lowest BCUT2D eigenvalue weighted by Gasteiger charge is -2.48. The second-order valence-electron chi connectivity index (χ2n) is 6.56. The summed E-state index contributed by atoms with van der Waals surface area (Å²) in [6, 6.07) is 6.59. The SMILES string of the molecule is NC1CC2(CCN3CCCC3C2)Oc2ccc(Cl)cc21. The molecule has 3 atom stereocenters. The lowest BCUT2D eigenvalue weighted by Crippen LogP contribution is -2.53. The first kappa shape index (κ1) is 12.9. The normalized spacial score (nSPS) is 36.5. The van der Waals surface area contributed by atoms with Crippen molar-refractivity contribution >= 4 is 11.6 Å². The fraction of sp³-hybridized carbons (Fsp3) is 0.625. The van der Waals surface area contributed by atoms with E-state index in [0.717, 1.165) is 42.1 Å². The maximum absolute atomic E-state index is 6.43. The maximum Gasteiger partial charge on any atom is 0.125 e. The molecule has 3 aliphatic heterocycles. The van der Waals surface area contributed by atoms with Crippen LogP contribution in [-0.2, 0) is 0 Å². The molecular formula is C16H21ClN2O. The monoisotopic (exact) mass is 292 g/mol. The predicted octanol–water partition coefficient (Wildman–Crippen LogP) is 3.12. The maximum atomic E-state index is 6.43. The smallest absolute Gasteiger partial charge is 0.125 e. The second-order valence-corrected chi connectivity index (χ2v) is 7.00. The van der Waals surface area contributed by atoms with Crippen molar-refractivity contribution in [2.24, 2.45) is 5.73 Å². The van der Waals surface area contributed by atoms with Crippen LogP contribution in [0.1, 0.15) is 43.7 Å². The fourth-order valence-electron chi connectivity index (χ4n) is 4.27. The Morgan fingerprint density at radius 2 is 2.20 bits per heavy atom. The minimum atomic E-state index is -0.0498. The van der Waals surface area contributed by atoms with E-state index in [2.05, 4.69) is 4.90 Å². The van der Waals surface area contributed by atoms with E-state index >= 15 is 0 Å². The molecular weight excluding hydrogens is 272 g/mol. The van der Waals surface area contributed by atoms with Crippen LogP contribution in [0, 0.1) is 0 Å². The third-order valence-corrected chi connectivity index (χ3v) is 5.49. The van der Waals surface area contributed by atoms with E-state index in [1.807, 2.05) is 18.2 Å². The van der Waals surface area contributed by atoms with E-state index in [0.29, 0.717) is 6.04 Å². The van der Waals surface area contributed by atoms with Crippen molar-refractivity contribution < 1.29 is 4.74 Å². The molecule has 0 radical (unpaired) electrons. The summed E-state index contributed by atoms with van der Waals surface area (Å²) in [4.78, 5) is 2.62. The molecule has 0 saturated carbocycles. The molecule has 108 valence electrons. The number of fused-ring (bicyclic) bond motifs is 2. The van der Waals surface area contributed by atoms with Gasteiger partial charge in [0.25, 0.3) is 0 Å². The van der Waals surface area contributed by atoms with Gasteiger partial charge in [0.15, 0.2) is 0 Å². The van der Waals surface area contributed by atoms with E-state index in [9.17, 15) is 0 Å². The highest BCUT2D eigenvalue weighted by Crippen LogP contribution is 2.46. The molecule has 0 bridgehead atoms. The summed E-state index contributed by atoms with van der Waals surface area (Å²) in [5, 5.41) is 0.740. The van der Waals surface area contributed by atoms with Crippen LogP contribution in [0.4, 0.5) is 0 Å². The minimum Gasteiger partial charge on any atom is -0.487 e. The quantitative estimate of drug-likeness (QED) is 0.798.